The molecule has 0 aliphatic carbocycles. The van der Waals surface area contributed by atoms with Crippen molar-refractivity contribution >= 4 is 17.1 Å². The van der Waals surface area contributed by atoms with E-state index in [0.29, 0.717) is 34.7 Å². The molecule has 0 atom stereocenters. The Morgan fingerprint density at radius 1 is 0.838 bits per heavy atom. The summed E-state index contributed by atoms with van der Waals surface area (Å²) < 4.78 is 90.8. The van der Waals surface area contributed by atoms with Crippen LogP contribution in [0.3, 0.4) is 0 Å². The fourth-order valence-electron chi connectivity index (χ4n) is 3.57. The third-order valence-electron chi connectivity index (χ3n) is 5.33. The maximum atomic E-state index is 13.3. The number of halogens is 6. The van der Waals surface area contributed by atoms with Gasteiger partial charge in [0.1, 0.15) is 0 Å². The van der Waals surface area contributed by atoms with Gasteiger partial charge in [-0.05, 0) is 54.1 Å². The lowest BCUT2D eigenvalue weighted by Crippen LogP contribution is -2.20. The Bertz CT molecular complexity index is 1530. The first-order valence-corrected chi connectivity index (χ1v) is 10.5. The van der Waals surface area contributed by atoms with Gasteiger partial charge in [0.05, 0.1) is 42.5 Å². The zero-order valence-electron chi connectivity index (χ0n) is 19.2. The van der Waals surface area contributed by atoms with Crippen molar-refractivity contribution in [2.45, 2.75) is 12.4 Å². The van der Waals surface area contributed by atoms with Gasteiger partial charge in [-0.15, -0.1) is 0 Å². The number of hydrogen-bond donors (Lipinski definition) is 0. The van der Waals surface area contributed by atoms with Crippen molar-refractivity contribution in [3.05, 3.63) is 87.7 Å². The minimum absolute atomic E-state index is 0.0101. The second-order valence-electron chi connectivity index (χ2n) is 7.72. The molecule has 0 spiro atoms. The van der Waals surface area contributed by atoms with Crippen LogP contribution in [-0.2, 0) is 12.4 Å². The van der Waals surface area contributed by atoms with Crippen LogP contribution in [-0.4, -0.2) is 30.1 Å². The van der Waals surface area contributed by atoms with Crippen LogP contribution in [0.1, 0.15) is 16.7 Å². The number of aromatic nitrogens is 2. The van der Waals surface area contributed by atoms with E-state index < -0.39 is 34.6 Å². The summed E-state index contributed by atoms with van der Waals surface area (Å²) >= 11 is 0. The molecule has 0 unspecified atom stereocenters. The maximum Gasteiger partial charge on any atom is 0.416 e. The highest BCUT2D eigenvalue weighted by Crippen LogP contribution is 2.36. The van der Waals surface area contributed by atoms with Gasteiger partial charge in [0, 0.05) is 5.56 Å². The Labute approximate surface area is 205 Å². The molecule has 0 saturated heterocycles. The molecule has 0 aliphatic heterocycles. The standard InChI is InChI=1S/C25H17F6N3O3/c1-36-20-8-7-15(11-21(20)37-2)22-33-19-6-4-3-5-18(19)23(35)34(22)32-13-14-9-16(24(26,27)28)12-17(10-14)25(29,30)31/h3-13H,1-2H3. The van der Waals surface area contributed by atoms with Crippen LogP contribution >= 0.6 is 0 Å². The summed E-state index contributed by atoms with van der Waals surface area (Å²) in [5.74, 6) is 0.655. The van der Waals surface area contributed by atoms with Crippen molar-refractivity contribution in [1.82, 2.24) is 9.66 Å². The number of ether oxygens (including phenoxy) is 2. The lowest BCUT2D eigenvalue weighted by Gasteiger charge is -2.13. The predicted molar refractivity (Wildman–Crippen MR) is 124 cm³/mol. The monoisotopic (exact) mass is 521 g/mol. The van der Waals surface area contributed by atoms with E-state index in [1.54, 1.807) is 30.3 Å². The molecule has 1 heterocycles. The van der Waals surface area contributed by atoms with E-state index in [0.717, 1.165) is 10.9 Å². The number of hydrogen-bond acceptors (Lipinski definition) is 5. The van der Waals surface area contributed by atoms with E-state index in [1.807, 2.05) is 0 Å². The summed E-state index contributed by atoms with van der Waals surface area (Å²) in [5.41, 5.74) is -3.57. The highest BCUT2D eigenvalue weighted by Gasteiger charge is 2.36. The fraction of sp³-hybridized carbons (Fsp3) is 0.160. The summed E-state index contributed by atoms with van der Waals surface area (Å²) in [5, 5.41) is 4.10. The van der Waals surface area contributed by atoms with Crippen LogP contribution in [0.5, 0.6) is 11.5 Å². The second kappa shape index (κ2) is 9.60. The van der Waals surface area contributed by atoms with E-state index >= 15 is 0 Å². The smallest absolute Gasteiger partial charge is 0.416 e. The summed E-state index contributed by atoms with van der Waals surface area (Å²) in [6.07, 6.45) is -9.32. The molecule has 0 saturated carbocycles. The average Bonchev–Trinajstić information content (AvgIpc) is 2.86. The fourth-order valence-corrected chi connectivity index (χ4v) is 3.57. The third kappa shape index (κ3) is 5.27. The largest absolute Gasteiger partial charge is 0.493 e. The molecule has 0 bridgehead atoms. The Morgan fingerprint density at radius 3 is 2.05 bits per heavy atom. The van der Waals surface area contributed by atoms with Gasteiger partial charge in [-0.25, -0.2) is 4.98 Å². The molecule has 0 fully saturated rings. The number of fused-ring (bicyclic) bond motifs is 1. The molecule has 6 nitrogen and oxygen atoms in total. The first kappa shape index (κ1) is 25.7. The number of nitrogens with zero attached hydrogens (tertiary/aromatic N) is 3. The minimum atomic E-state index is -5.03. The predicted octanol–water partition coefficient (Wildman–Crippen LogP) is 6.00. The second-order valence-corrected chi connectivity index (χ2v) is 7.72. The number of benzene rings is 3. The lowest BCUT2D eigenvalue weighted by molar-refractivity contribution is -0.143. The van der Waals surface area contributed by atoms with Crippen molar-refractivity contribution in [3.8, 4) is 22.9 Å². The number of alkyl halides is 6. The van der Waals surface area contributed by atoms with Gasteiger partial charge in [0.25, 0.3) is 5.56 Å². The van der Waals surface area contributed by atoms with Crippen LogP contribution in [0.4, 0.5) is 26.3 Å². The van der Waals surface area contributed by atoms with Gasteiger partial charge in [-0.3, -0.25) is 4.79 Å². The zero-order valence-corrected chi connectivity index (χ0v) is 19.2. The molecule has 12 heteroatoms. The van der Waals surface area contributed by atoms with E-state index in [-0.39, 0.29) is 17.3 Å². The molecular weight excluding hydrogens is 504 g/mol. The number of methoxy groups -OCH3 is 2. The number of rotatable bonds is 5. The van der Waals surface area contributed by atoms with Crippen LogP contribution in [0, 0.1) is 0 Å². The molecule has 0 amide bonds. The Morgan fingerprint density at radius 2 is 1.46 bits per heavy atom. The molecule has 4 rings (SSSR count). The normalized spacial score (nSPS) is 12.3. The van der Waals surface area contributed by atoms with Gasteiger partial charge >= 0.3 is 12.4 Å². The van der Waals surface area contributed by atoms with Crippen molar-refractivity contribution < 1.29 is 35.8 Å². The van der Waals surface area contributed by atoms with E-state index in [2.05, 4.69) is 10.1 Å². The van der Waals surface area contributed by atoms with Gasteiger partial charge in [-0.2, -0.15) is 36.1 Å². The zero-order chi connectivity index (χ0) is 27.0. The van der Waals surface area contributed by atoms with E-state index in [4.69, 9.17) is 9.47 Å². The molecule has 37 heavy (non-hydrogen) atoms. The van der Waals surface area contributed by atoms with Gasteiger partial charge in [0.15, 0.2) is 17.3 Å². The van der Waals surface area contributed by atoms with Crippen LogP contribution in [0.15, 0.2) is 70.6 Å². The lowest BCUT2D eigenvalue weighted by atomic mass is 10.1. The van der Waals surface area contributed by atoms with Crippen molar-refractivity contribution in [2.75, 3.05) is 14.2 Å². The Kier molecular flexibility index (Phi) is 6.68. The Hall–Kier alpha value is -4.35. The summed E-state index contributed by atoms with van der Waals surface area (Å²) in [7, 11) is 2.82. The van der Waals surface area contributed by atoms with Crippen LogP contribution in [0.25, 0.3) is 22.3 Å². The van der Waals surface area contributed by atoms with E-state index in [1.165, 1.54) is 26.4 Å². The third-order valence-corrected chi connectivity index (χ3v) is 5.33. The SMILES string of the molecule is COc1ccc(-c2nc3ccccc3c(=O)n2N=Cc2cc(C(F)(F)F)cc(C(F)(F)F)c2)cc1OC. The molecule has 0 aliphatic rings. The van der Waals surface area contributed by atoms with E-state index in [9.17, 15) is 31.1 Å². The molecule has 0 N–H and O–H groups in total. The average molecular weight is 521 g/mol. The molecule has 3 aromatic carbocycles. The maximum absolute atomic E-state index is 13.3. The van der Waals surface area contributed by atoms with Gasteiger partial charge in [0.2, 0.25) is 0 Å². The topological polar surface area (TPSA) is 65.7 Å². The Balaban J connectivity index is 1.94. The minimum Gasteiger partial charge on any atom is -0.493 e. The summed E-state index contributed by atoms with van der Waals surface area (Å²) in [6.45, 7) is 0. The van der Waals surface area contributed by atoms with Crippen molar-refractivity contribution in [3.63, 3.8) is 0 Å². The number of para-hydroxylation sites is 1. The molecule has 1 aromatic heterocycles. The quantitative estimate of drug-likeness (QED) is 0.239. The van der Waals surface area contributed by atoms with Crippen LogP contribution in [0.2, 0.25) is 0 Å². The molecule has 4 aromatic rings. The van der Waals surface area contributed by atoms with Gasteiger partial charge in [-0.1, -0.05) is 12.1 Å². The molecular formula is C25H17F6N3O3. The summed E-state index contributed by atoms with van der Waals surface area (Å²) in [6, 6.07) is 11.9. The highest BCUT2D eigenvalue weighted by atomic mass is 19.4. The molecule has 0 radical (unpaired) electrons. The first-order chi connectivity index (χ1) is 17.4. The van der Waals surface area contributed by atoms with Gasteiger partial charge < -0.3 is 9.47 Å². The first-order valence-electron chi connectivity index (χ1n) is 10.5. The summed E-state index contributed by atoms with van der Waals surface area (Å²) in [4.78, 5) is 17.7. The van der Waals surface area contributed by atoms with Crippen LogP contribution < -0.4 is 15.0 Å². The highest BCUT2D eigenvalue weighted by molar-refractivity contribution is 5.82. The van der Waals surface area contributed by atoms with Crippen molar-refractivity contribution in [2.24, 2.45) is 5.10 Å². The molecule has 192 valence electrons. The van der Waals surface area contributed by atoms with Crippen molar-refractivity contribution in [1.29, 1.82) is 0 Å².